The number of amides is 3. The first-order valence-electron chi connectivity index (χ1n) is 11.2. The maximum absolute atomic E-state index is 12.8. The Kier molecular flexibility index (Phi) is 8.08. The van der Waals surface area contributed by atoms with Crippen molar-refractivity contribution in [2.24, 2.45) is 13.0 Å². The summed E-state index contributed by atoms with van der Waals surface area (Å²) in [5, 5.41) is 10.2. The highest BCUT2D eigenvalue weighted by Crippen LogP contribution is 2.19. The van der Waals surface area contributed by atoms with E-state index in [0.29, 0.717) is 31.6 Å². The van der Waals surface area contributed by atoms with Gasteiger partial charge in [-0.25, -0.2) is 0 Å². The Labute approximate surface area is 194 Å². The number of rotatable bonds is 6. The van der Waals surface area contributed by atoms with E-state index in [0.717, 1.165) is 23.4 Å². The van der Waals surface area contributed by atoms with E-state index in [4.69, 9.17) is 4.74 Å². The molecule has 1 aliphatic rings. The Bertz CT molecular complexity index is 966. The van der Waals surface area contributed by atoms with Crippen LogP contribution in [0.1, 0.15) is 47.4 Å². The third kappa shape index (κ3) is 6.57. The van der Waals surface area contributed by atoms with Crippen molar-refractivity contribution in [3.05, 3.63) is 47.3 Å². The summed E-state index contributed by atoms with van der Waals surface area (Å²) in [6.45, 7) is 2.68. The van der Waals surface area contributed by atoms with Crippen LogP contribution in [0.3, 0.4) is 0 Å². The van der Waals surface area contributed by atoms with Gasteiger partial charge < -0.3 is 20.3 Å². The Morgan fingerprint density at radius 2 is 1.91 bits per heavy atom. The highest BCUT2D eigenvalue weighted by Gasteiger charge is 2.28. The molecule has 0 unspecified atom stereocenters. The largest absolute Gasteiger partial charge is 0.497 e. The van der Waals surface area contributed by atoms with Crippen LogP contribution >= 0.6 is 0 Å². The number of likely N-dealkylation sites (N-methyl/N-ethyl adjacent to an activating group) is 1. The van der Waals surface area contributed by atoms with Crippen LogP contribution in [-0.4, -0.2) is 59.1 Å². The first kappa shape index (κ1) is 24.3. The summed E-state index contributed by atoms with van der Waals surface area (Å²) in [6, 6.07) is 9.04. The molecule has 1 fully saturated rings. The van der Waals surface area contributed by atoms with Crippen LogP contribution in [0.4, 0.5) is 0 Å². The maximum Gasteiger partial charge on any atom is 0.272 e. The molecule has 1 aromatic carbocycles. The number of carbonyl (C=O) groups excluding carboxylic acids is 3. The fourth-order valence-electron chi connectivity index (χ4n) is 3.95. The third-order valence-corrected chi connectivity index (χ3v) is 6.12. The molecule has 2 N–H and O–H groups in total. The number of aromatic nitrogens is 2. The van der Waals surface area contributed by atoms with Crippen molar-refractivity contribution in [2.75, 3.05) is 20.7 Å². The molecule has 0 radical (unpaired) electrons. The zero-order valence-electron chi connectivity index (χ0n) is 19.8. The first-order valence-corrected chi connectivity index (χ1v) is 11.2. The number of aryl methyl sites for hydroxylation is 2. The summed E-state index contributed by atoms with van der Waals surface area (Å²) in [7, 11) is 5.11. The molecule has 2 atom stereocenters. The third-order valence-electron chi connectivity index (χ3n) is 6.12. The average Bonchev–Trinajstić information content (AvgIpc) is 3.17. The highest BCUT2D eigenvalue weighted by atomic mass is 16.5. The lowest BCUT2D eigenvalue weighted by Gasteiger charge is -2.24. The minimum absolute atomic E-state index is 0.102. The van der Waals surface area contributed by atoms with Gasteiger partial charge in [0.1, 0.15) is 11.4 Å². The van der Waals surface area contributed by atoms with Gasteiger partial charge in [0.25, 0.3) is 5.91 Å². The van der Waals surface area contributed by atoms with E-state index in [1.807, 2.05) is 31.2 Å². The number of carbonyl (C=O) groups is 3. The van der Waals surface area contributed by atoms with Gasteiger partial charge in [0, 0.05) is 51.3 Å². The molecule has 2 aromatic rings. The van der Waals surface area contributed by atoms with Crippen LogP contribution in [0, 0.1) is 12.8 Å². The van der Waals surface area contributed by atoms with Gasteiger partial charge in [-0.2, -0.15) is 5.10 Å². The van der Waals surface area contributed by atoms with Gasteiger partial charge in [0.05, 0.1) is 7.11 Å². The normalized spacial score (nSPS) is 19.3. The average molecular weight is 456 g/mol. The second-order valence-electron chi connectivity index (χ2n) is 8.64. The molecule has 0 aliphatic carbocycles. The van der Waals surface area contributed by atoms with E-state index < -0.39 is 5.92 Å². The minimum atomic E-state index is -0.397. The number of hydrogen-bond acceptors (Lipinski definition) is 5. The van der Waals surface area contributed by atoms with Gasteiger partial charge in [0.15, 0.2) is 0 Å². The van der Waals surface area contributed by atoms with Crippen LogP contribution in [0.15, 0.2) is 30.3 Å². The maximum atomic E-state index is 12.8. The fourth-order valence-corrected chi connectivity index (χ4v) is 3.95. The summed E-state index contributed by atoms with van der Waals surface area (Å²) in [6.07, 6.45) is 2.15. The number of ether oxygens (including phenoxy) is 1. The monoisotopic (exact) mass is 455 g/mol. The molecule has 0 spiro atoms. The molecule has 9 nitrogen and oxygen atoms in total. The lowest BCUT2D eigenvalue weighted by molar-refractivity contribution is -0.135. The van der Waals surface area contributed by atoms with Crippen LogP contribution in [-0.2, 0) is 23.2 Å². The van der Waals surface area contributed by atoms with E-state index in [1.54, 1.807) is 36.9 Å². The van der Waals surface area contributed by atoms with Crippen LogP contribution in [0.25, 0.3) is 0 Å². The summed E-state index contributed by atoms with van der Waals surface area (Å²) in [4.78, 5) is 39.8. The van der Waals surface area contributed by atoms with Gasteiger partial charge in [-0.05, 0) is 43.5 Å². The molecule has 3 rings (SSSR count). The number of methoxy groups -OCH3 is 1. The summed E-state index contributed by atoms with van der Waals surface area (Å²) >= 11 is 0. The zero-order valence-corrected chi connectivity index (χ0v) is 19.8. The molecule has 9 heteroatoms. The summed E-state index contributed by atoms with van der Waals surface area (Å²) < 4.78 is 6.81. The molecule has 0 bridgehead atoms. The van der Waals surface area contributed by atoms with E-state index in [9.17, 15) is 14.4 Å². The Balaban J connectivity index is 1.57. The first-order chi connectivity index (χ1) is 15.8. The lowest BCUT2D eigenvalue weighted by Crippen LogP contribution is -2.44. The van der Waals surface area contributed by atoms with E-state index in [1.165, 1.54) is 0 Å². The molecule has 178 valence electrons. The predicted octanol–water partition coefficient (Wildman–Crippen LogP) is 1.80. The van der Waals surface area contributed by atoms with Gasteiger partial charge >= 0.3 is 0 Å². The summed E-state index contributed by atoms with van der Waals surface area (Å²) in [5.41, 5.74) is 2.22. The van der Waals surface area contributed by atoms with Gasteiger partial charge in [0.2, 0.25) is 11.8 Å². The minimum Gasteiger partial charge on any atom is -0.497 e. The molecule has 1 aliphatic heterocycles. The van der Waals surface area contributed by atoms with E-state index in [2.05, 4.69) is 15.7 Å². The van der Waals surface area contributed by atoms with Crippen molar-refractivity contribution in [1.29, 1.82) is 0 Å². The van der Waals surface area contributed by atoms with Crippen LogP contribution in [0.2, 0.25) is 0 Å². The number of nitrogens with zero attached hydrogens (tertiary/aromatic N) is 3. The molecule has 0 saturated carbocycles. The van der Waals surface area contributed by atoms with Gasteiger partial charge in [-0.15, -0.1) is 0 Å². The number of nitrogens with one attached hydrogen (secondary N) is 2. The molecule has 33 heavy (non-hydrogen) atoms. The molecule has 1 saturated heterocycles. The van der Waals surface area contributed by atoms with Crippen molar-refractivity contribution in [1.82, 2.24) is 25.3 Å². The second-order valence-corrected chi connectivity index (χ2v) is 8.64. The Morgan fingerprint density at radius 3 is 2.55 bits per heavy atom. The van der Waals surface area contributed by atoms with Crippen LogP contribution < -0.4 is 15.4 Å². The van der Waals surface area contributed by atoms with Crippen molar-refractivity contribution < 1.29 is 19.1 Å². The molecule has 3 amide bonds. The van der Waals surface area contributed by atoms with Crippen molar-refractivity contribution >= 4 is 17.7 Å². The van der Waals surface area contributed by atoms with Crippen LogP contribution in [0.5, 0.6) is 5.75 Å². The topological polar surface area (TPSA) is 106 Å². The fraction of sp³-hybridized carbons (Fsp3) is 0.500. The Hall–Kier alpha value is -3.36. The van der Waals surface area contributed by atoms with Crippen molar-refractivity contribution in [3.63, 3.8) is 0 Å². The number of benzene rings is 1. The SMILES string of the molecule is COc1ccc(CNC(=O)[C@@H]2CCC[C@@H](NC(=O)c3cc(C)n(C)n3)CN(C)C(=O)C2)cc1. The predicted molar refractivity (Wildman–Crippen MR) is 124 cm³/mol. The quantitative estimate of drug-likeness (QED) is 0.691. The molecular weight excluding hydrogens is 422 g/mol. The highest BCUT2D eigenvalue weighted by molar-refractivity contribution is 5.92. The van der Waals surface area contributed by atoms with Crippen molar-refractivity contribution in [3.8, 4) is 5.75 Å². The molecular formula is C24H33N5O4. The summed E-state index contributed by atoms with van der Waals surface area (Å²) in [5.74, 6) is -0.119. The zero-order chi connectivity index (χ0) is 24.0. The second kappa shape index (κ2) is 11.0. The number of hydrogen-bond donors (Lipinski definition) is 2. The van der Waals surface area contributed by atoms with E-state index in [-0.39, 0.29) is 30.2 Å². The molecule has 1 aromatic heterocycles. The lowest BCUT2D eigenvalue weighted by atomic mass is 9.96. The van der Waals surface area contributed by atoms with Crippen molar-refractivity contribution in [2.45, 2.75) is 45.2 Å². The Morgan fingerprint density at radius 1 is 1.18 bits per heavy atom. The molecule has 2 heterocycles. The smallest absolute Gasteiger partial charge is 0.272 e. The van der Waals surface area contributed by atoms with Gasteiger partial charge in [-0.3, -0.25) is 19.1 Å². The van der Waals surface area contributed by atoms with E-state index >= 15 is 0 Å². The van der Waals surface area contributed by atoms with Gasteiger partial charge in [-0.1, -0.05) is 18.6 Å². The standard InChI is InChI=1S/C24H33N5O4/c1-16-12-21(27-29(16)3)24(32)26-19-7-5-6-18(13-22(30)28(2)15-19)23(31)25-14-17-8-10-20(33-4)11-9-17/h8-12,18-19H,5-7,13-15H2,1-4H3,(H,25,31)(H,26,32)/t18-,19-/m1/s1.